The predicted octanol–water partition coefficient (Wildman–Crippen LogP) is 3.30. The lowest BCUT2D eigenvalue weighted by atomic mass is 10.2. The summed E-state index contributed by atoms with van der Waals surface area (Å²) in [6.45, 7) is 10.2. The summed E-state index contributed by atoms with van der Waals surface area (Å²) in [6, 6.07) is 15.3. The minimum Gasteiger partial charge on any atom is -0.467 e. The highest BCUT2D eigenvalue weighted by molar-refractivity contribution is 7.80. The molecule has 0 saturated heterocycles. The minimum absolute atomic E-state index is 0.0127. The van der Waals surface area contributed by atoms with Crippen LogP contribution in [-0.2, 0) is 28.5 Å². The van der Waals surface area contributed by atoms with Gasteiger partial charge in [-0.2, -0.15) is 4.99 Å². The molecule has 0 heterocycles. The number of methoxy groups -OCH3 is 2. The van der Waals surface area contributed by atoms with E-state index in [0.29, 0.717) is 11.1 Å². The molecule has 0 radical (unpaired) electrons. The van der Waals surface area contributed by atoms with E-state index in [-0.39, 0.29) is 24.1 Å². The van der Waals surface area contributed by atoms with E-state index in [0.717, 1.165) is 0 Å². The fourth-order valence-corrected chi connectivity index (χ4v) is 3.54. The fraction of sp³-hybridized carbons (Fsp3) is 0.412. The summed E-state index contributed by atoms with van der Waals surface area (Å²) in [5, 5.41) is 11.9. The molecule has 0 saturated carbocycles. The Hall–Kier alpha value is -5.29. The molecule has 0 bridgehead atoms. The van der Waals surface area contributed by atoms with Gasteiger partial charge in [0, 0.05) is 24.2 Å². The second kappa shape index (κ2) is 24.0. The van der Waals surface area contributed by atoms with Crippen LogP contribution in [0.2, 0.25) is 0 Å². The van der Waals surface area contributed by atoms with Crippen LogP contribution >= 0.6 is 24.4 Å². The Balaban J connectivity index is 0.000000840. The molecule has 2 aromatic rings. The third-order valence-electron chi connectivity index (χ3n) is 5.49. The Labute approximate surface area is 313 Å². The molecule has 0 aromatic heterocycles. The van der Waals surface area contributed by atoms with Crippen molar-refractivity contribution in [3.63, 3.8) is 0 Å². The number of benzene rings is 2. The molecule has 284 valence electrons. The first-order chi connectivity index (χ1) is 24.3. The van der Waals surface area contributed by atoms with E-state index >= 15 is 0 Å². The second-order valence-corrected chi connectivity index (χ2v) is 12.7. The Bertz CT molecular complexity index is 1540. The maximum absolute atomic E-state index is 12.0. The summed E-state index contributed by atoms with van der Waals surface area (Å²) in [5.74, 6) is -2.01. The quantitative estimate of drug-likeness (QED) is 0.107. The van der Waals surface area contributed by atoms with Gasteiger partial charge in [-0.1, -0.05) is 36.4 Å². The molecule has 2 aromatic carbocycles. The van der Waals surface area contributed by atoms with Crippen molar-refractivity contribution in [2.75, 3.05) is 27.3 Å². The number of amides is 4. The summed E-state index contributed by atoms with van der Waals surface area (Å²) in [7, 11) is 2.42. The maximum atomic E-state index is 12.0. The van der Waals surface area contributed by atoms with Gasteiger partial charge in [0.25, 0.3) is 11.8 Å². The van der Waals surface area contributed by atoms with Gasteiger partial charge < -0.3 is 40.6 Å². The van der Waals surface area contributed by atoms with Crippen LogP contribution in [0.15, 0.2) is 65.7 Å². The summed E-state index contributed by atoms with van der Waals surface area (Å²) >= 11 is 9.32. The SMILES string of the molecule is COC(=O)[C@H](CN)NC(=O)OC(C)(C)C.COC(=O)[C@H](CNC(=S)NC(=O)c1ccccc1)NC(=O)OC(C)(C)C.O=C(N=C=S)c1ccccc1. The second-order valence-electron chi connectivity index (χ2n) is 12.1. The van der Waals surface area contributed by atoms with Crippen molar-refractivity contribution < 1.29 is 47.7 Å². The van der Waals surface area contributed by atoms with E-state index in [1.807, 2.05) is 11.2 Å². The molecule has 4 amide bonds. The normalized spacial score (nSPS) is 11.3. The van der Waals surface area contributed by atoms with Crippen LogP contribution < -0.4 is 27.0 Å². The first-order valence-electron chi connectivity index (χ1n) is 15.4. The smallest absolute Gasteiger partial charge is 0.408 e. The molecule has 16 nitrogen and oxygen atoms in total. The van der Waals surface area contributed by atoms with Crippen LogP contribution in [0.3, 0.4) is 0 Å². The molecular formula is C34H46N6O10S2. The predicted molar refractivity (Wildman–Crippen MR) is 200 cm³/mol. The van der Waals surface area contributed by atoms with E-state index in [4.69, 9.17) is 27.4 Å². The van der Waals surface area contributed by atoms with Gasteiger partial charge in [-0.25, -0.2) is 19.2 Å². The average molecular weight is 763 g/mol. The highest BCUT2D eigenvalue weighted by Gasteiger charge is 2.26. The molecule has 6 N–H and O–H groups in total. The lowest BCUT2D eigenvalue weighted by molar-refractivity contribution is -0.143. The Kier molecular flexibility index (Phi) is 21.6. The Morgan fingerprint density at radius 1 is 0.750 bits per heavy atom. The van der Waals surface area contributed by atoms with Gasteiger partial charge in [0.1, 0.15) is 23.3 Å². The molecule has 0 spiro atoms. The van der Waals surface area contributed by atoms with Crippen molar-refractivity contribution in [2.24, 2.45) is 10.7 Å². The van der Waals surface area contributed by atoms with Gasteiger partial charge in [0.15, 0.2) is 5.11 Å². The molecule has 0 aliphatic carbocycles. The molecule has 52 heavy (non-hydrogen) atoms. The first kappa shape index (κ1) is 46.7. The van der Waals surface area contributed by atoms with Crippen molar-refractivity contribution in [1.82, 2.24) is 21.3 Å². The summed E-state index contributed by atoms with van der Waals surface area (Å²) in [6.07, 6.45) is -1.46. The average Bonchev–Trinajstić information content (AvgIpc) is 3.08. The number of alkyl carbamates (subject to hydrolysis) is 2. The molecule has 0 unspecified atom stereocenters. The van der Waals surface area contributed by atoms with Crippen LogP contribution in [-0.4, -0.2) is 96.8 Å². The van der Waals surface area contributed by atoms with Crippen molar-refractivity contribution >= 4 is 70.6 Å². The van der Waals surface area contributed by atoms with E-state index in [1.165, 1.54) is 14.2 Å². The van der Waals surface area contributed by atoms with Crippen LogP contribution in [0.5, 0.6) is 0 Å². The molecule has 0 aliphatic heterocycles. The van der Waals surface area contributed by atoms with Gasteiger partial charge in [0.05, 0.1) is 19.4 Å². The number of carbonyl (C=O) groups is 6. The topological polar surface area (TPSA) is 226 Å². The van der Waals surface area contributed by atoms with Crippen LogP contribution in [0.4, 0.5) is 9.59 Å². The molecule has 0 aliphatic rings. The lowest BCUT2D eigenvalue weighted by Crippen LogP contribution is -2.52. The van der Waals surface area contributed by atoms with Crippen LogP contribution in [0, 0.1) is 0 Å². The summed E-state index contributed by atoms with van der Waals surface area (Å²) in [4.78, 5) is 72.2. The van der Waals surface area contributed by atoms with Crippen molar-refractivity contribution in [1.29, 1.82) is 0 Å². The van der Waals surface area contributed by atoms with Crippen molar-refractivity contribution in [3.8, 4) is 0 Å². The zero-order valence-corrected chi connectivity index (χ0v) is 31.9. The monoisotopic (exact) mass is 762 g/mol. The van der Waals surface area contributed by atoms with E-state index < -0.39 is 53.3 Å². The van der Waals surface area contributed by atoms with Crippen molar-refractivity contribution in [3.05, 3.63) is 71.8 Å². The molecular weight excluding hydrogens is 717 g/mol. The summed E-state index contributed by atoms with van der Waals surface area (Å²) < 4.78 is 19.1. The Morgan fingerprint density at radius 2 is 1.17 bits per heavy atom. The lowest BCUT2D eigenvalue weighted by Gasteiger charge is -2.23. The van der Waals surface area contributed by atoms with E-state index in [2.05, 4.69) is 48.0 Å². The number of nitrogens with one attached hydrogen (secondary N) is 4. The van der Waals surface area contributed by atoms with E-state index in [1.54, 1.807) is 96.1 Å². The number of isothiocyanates is 1. The largest absolute Gasteiger partial charge is 0.467 e. The number of nitrogens with zero attached hydrogens (tertiary/aromatic N) is 1. The maximum Gasteiger partial charge on any atom is 0.408 e. The van der Waals surface area contributed by atoms with Gasteiger partial charge in [-0.15, -0.1) is 0 Å². The highest BCUT2D eigenvalue weighted by atomic mass is 32.1. The van der Waals surface area contributed by atoms with Crippen LogP contribution in [0.1, 0.15) is 62.3 Å². The number of carbonyl (C=O) groups excluding carboxylic acids is 6. The molecule has 2 rings (SSSR count). The molecule has 0 fully saturated rings. The Morgan fingerprint density at radius 3 is 1.58 bits per heavy atom. The van der Waals surface area contributed by atoms with Gasteiger partial charge >= 0.3 is 24.1 Å². The number of thiocarbonyl (C=S) groups is 2. The van der Waals surface area contributed by atoms with Gasteiger partial charge in [0.2, 0.25) is 0 Å². The third-order valence-corrected chi connectivity index (χ3v) is 5.82. The molecule has 18 heteroatoms. The minimum atomic E-state index is -1.04. The number of rotatable bonds is 9. The first-order valence-corrected chi connectivity index (χ1v) is 16.2. The number of hydrogen-bond donors (Lipinski definition) is 5. The zero-order chi connectivity index (χ0) is 39.9. The fourth-order valence-electron chi connectivity index (χ4n) is 3.28. The standard InChI is InChI=1S/C17H23N3O5S.C9H18N2O4.C8H5NOS/c1-17(2,3)25-16(23)19-12(14(22)24-4)10-18-15(26)20-13(21)11-8-6-5-7-9-11;1-9(2,3)15-8(13)11-6(5-10)7(12)14-4;10-8(9-6-11)7-4-2-1-3-5-7/h5-9,12H,10H2,1-4H3,(H,19,23)(H2,18,20,21,26);6H,5,10H2,1-4H3,(H,11,13);1-5H/t12-;6-;/m00./s1. The molecule has 2 atom stereocenters. The number of hydrogen-bond acceptors (Lipinski definition) is 13. The number of aliphatic imine (C=N–C) groups is 1. The number of nitrogens with two attached hydrogens (primary N) is 1. The highest BCUT2D eigenvalue weighted by Crippen LogP contribution is 2.08. The van der Waals surface area contributed by atoms with Gasteiger partial charge in [-0.05, 0) is 90.2 Å². The summed E-state index contributed by atoms with van der Waals surface area (Å²) in [5.41, 5.74) is 4.94. The number of esters is 2. The number of ether oxygens (including phenoxy) is 4. The third kappa shape index (κ3) is 21.7. The van der Waals surface area contributed by atoms with Crippen molar-refractivity contribution in [2.45, 2.75) is 64.8 Å². The van der Waals surface area contributed by atoms with Gasteiger partial charge in [-0.3, -0.25) is 14.9 Å². The van der Waals surface area contributed by atoms with Crippen LogP contribution in [0.25, 0.3) is 0 Å². The van der Waals surface area contributed by atoms with E-state index in [9.17, 15) is 28.8 Å². The zero-order valence-electron chi connectivity index (χ0n) is 30.3.